The van der Waals surface area contributed by atoms with Crippen LogP contribution in [0.1, 0.15) is 85.0 Å². The van der Waals surface area contributed by atoms with Crippen LogP contribution >= 0.6 is 0 Å². The largest absolute Gasteiger partial charge is 0.511 e. The van der Waals surface area contributed by atoms with Crippen LogP contribution in [0.2, 0.25) is 0 Å². The molecule has 0 aromatic heterocycles. The number of carbonyl (C=O) groups is 3. The van der Waals surface area contributed by atoms with Crippen LogP contribution in [-0.2, 0) is 14.4 Å². The van der Waals surface area contributed by atoms with Crippen LogP contribution in [0.3, 0.4) is 0 Å². The summed E-state index contributed by atoms with van der Waals surface area (Å²) in [5.74, 6) is -0.804. The van der Waals surface area contributed by atoms with Gasteiger partial charge >= 0.3 is 0 Å². The Kier molecular flexibility index (Phi) is 7.71. The second-order valence-electron chi connectivity index (χ2n) is 7.89. The van der Waals surface area contributed by atoms with Crippen molar-refractivity contribution in [3.05, 3.63) is 45.2 Å². The van der Waals surface area contributed by atoms with E-state index in [0.717, 1.165) is 22.3 Å². The maximum Gasteiger partial charge on any atom is 0.170 e. The van der Waals surface area contributed by atoms with Crippen molar-refractivity contribution in [2.75, 3.05) is 6.61 Å². The summed E-state index contributed by atoms with van der Waals surface area (Å²) >= 11 is 0. The molecule has 1 aliphatic rings. The molecular formula is C24H31NO5. The second-order valence-corrected chi connectivity index (χ2v) is 7.89. The van der Waals surface area contributed by atoms with Gasteiger partial charge in [-0.15, -0.1) is 0 Å². The summed E-state index contributed by atoms with van der Waals surface area (Å²) in [4.78, 5) is 42.2. The maximum absolute atomic E-state index is 12.9. The molecule has 6 nitrogen and oxygen atoms in total. The highest BCUT2D eigenvalue weighted by Gasteiger charge is 2.33. The highest BCUT2D eigenvalue weighted by Crippen LogP contribution is 2.39. The molecule has 0 amide bonds. The molecule has 0 aliphatic heterocycles. The van der Waals surface area contributed by atoms with E-state index in [-0.39, 0.29) is 53.9 Å². The van der Waals surface area contributed by atoms with Gasteiger partial charge < -0.3 is 9.94 Å². The van der Waals surface area contributed by atoms with Gasteiger partial charge in [0.25, 0.3) is 0 Å². The van der Waals surface area contributed by atoms with E-state index >= 15 is 0 Å². The molecule has 6 heteroatoms. The summed E-state index contributed by atoms with van der Waals surface area (Å²) in [7, 11) is 0. The lowest BCUT2D eigenvalue weighted by Crippen LogP contribution is -2.25. The van der Waals surface area contributed by atoms with Crippen LogP contribution in [0, 0.1) is 20.8 Å². The van der Waals surface area contributed by atoms with E-state index in [1.165, 1.54) is 6.92 Å². The van der Waals surface area contributed by atoms with Crippen molar-refractivity contribution >= 4 is 23.1 Å². The van der Waals surface area contributed by atoms with Gasteiger partial charge in [-0.05, 0) is 69.2 Å². The number of oxime groups is 1. The first-order valence-corrected chi connectivity index (χ1v) is 10.4. The normalized spacial score (nSPS) is 17.3. The summed E-state index contributed by atoms with van der Waals surface area (Å²) in [6, 6.07) is 1.92. The number of ketones is 3. The molecule has 162 valence electrons. The van der Waals surface area contributed by atoms with Gasteiger partial charge in [0.2, 0.25) is 0 Å². The molecule has 30 heavy (non-hydrogen) atoms. The van der Waals surface area contributed by atoms with Crippen LogP contribution < -0.4 is 0 Å². The number of rotatable bonds is 8. The monoisotopic (exact) mass is 413 g/mol. The topological polar surface area (TPSA) is 93.0 Å². The van der Waals surface area contributed by atoms with Crippen molar-refractivity contribution in [3.63, 3.8) is 0 Å². The van der Waals surface area contributed by atoms with Crippen LogP contribution in [0.4, 0.5) is 0 Å². The fourth-order valence-electron chi connectivity index (χ4n) is 4.43. The molecule has 1 atom stereocenters. The molecule has 1 aliphatic carbocycles. The zero-order valence-corrected chi connectivity index (χ0v) is 18.7. The Morgan fingerprint density at radius 2 is 1.83 bits per heavy atom. The summed E-state index contributed by atoms with van der Waals surface area (Å²) in [5.41, 5.74) is 4.71. The highest BCUT2D eigenvalue weighted by atomic mass is 16.6. The third kappa shape index (κ3) is 4.86. The van der Waals surface area contributed by atoms with Crippen molar-refractivity contribution in [1.82, 2.24) is 0 Å². The van der Waals surface area contributed by atoms with E-state index in [4.69, 9.17) is 4.84 Å². The molecule has 0 spiro atoms. The van der Waals surface area contributed by atoms with Gasteiger partial charge in [-0.2, -0.15) is 0 Å². The lowest BCUT2D eigenvalue weighted by molar-refractivity contribution is -0.117. The number of hydrogen-bond acceptors (Lipinski definition) is 6. The Labute approximate surface area is 178 Å². The fourth-order valence-corrected chi connectivity index (χ4v) is 4.43. The van der Waals surface area contributed by atoms with Crippen molar-refractivity contribution in [2.45, 2.75) is 73.1 Å². The van der Waals surface area contributed by atoms with E-state index < -0.39 is 0 Å². The Bertz CT molecular complexity index is 939. The Hall–Kier alpha value is -2.76. The SMILES string of the molecule is CCON=C(CC)C1=C(O)CC(c2c(C)cc(C)c(C(=O)CC(C)=O)c2C)CC1=O. The lowest BCUT2D eigenvalue weighted by atomic mass is 9.76. The molecule has 0 heterocycles. The number of carbonyl (C=O) groups excluding carboxylic acids is 3. The number of aryl methyl sites for hydroxylation is 2. The molecule has 1 N–H and O–H groups in total. The predicted molar refractivity (Wildman–Crippen MR) is 116 cm³/mol. The molecule has 0 saturated carbocycles. The molecule has 0 bridgehead atoms. The number of hydrogen-bond donors (Lipinski definition) is 1. The van der Waals surface area contributed by atoms with Crippen LogP contribution in [-0.4, -0.2) is 34.8 Å². The molecule has 0 fully saturated rings. The molecule has 0 radical (unpaired) electrons. The second kappa shape index (κ2) is 9.83. The first-order valence-electron chi connectivity index (χ1n) is 10.4. The first-order chi connectivity index (χ1) is 14.1. The van der Waals surface area contributed by atoms with Crippen molar-refractivity contribution in [2.24, 2.45) is 5.16 Å². The zero-order chi connectivity index (χ0) is 22.6. The quantitative estimate of drug-likeness (QED) is 0.285. The van der Waals surface area contributed by atoms with Crippen molar-refractivity contribution in [1.29, 1.82) is 0 Å². The third-order valence-corrected chi connectivity index (χ3v) is 5.49. The summed E-state index contributed by atoms with van der Waals surface area (Å²) < 4.78 is 0. The van der Waals surface area contributed by atoms with Crippen LogP contribution in [0.25, 0.3) is 0 Å². The third-order valence-electron chi connectivity index (χ3n) is 5.49. The Morgan fingerprint density at radius 1 is 1.17 bits per heavy atom. The maximum atomic E-state index is 12.9. The lowest BCUT2D eigenvalue weighted by Gasteiger charge is -2.28. The van der Waals surface area contributed by atoms with Gasteiger partial charge in [0.05, 0.1) is 17.7 Å². The van der Waals surface area contributed by atoms with E-state index in [2.05, 4.69) is 5.16 Å². The molecule has 1 unspecified atom stereocenters. The minimum Gasteiger partial charge on any atom is -0.511 e. The van der Waals surface area contributed by atoms with Crippen LogP contribution in [0.5, 0.6) is 0 Å². The standard InChI is InChI=1S/C24H31NO5/c1-7-18(25-30-8-2)24-20(28)11-17(12-21(24)29)22-13(3)9-14(4)23(16(22)6)19(27)10-15(5)26/h9,17,28H,7-8,10-12H2,1-6H3. The van der Waals surface area contributed by atoms with Gasteiger partial charge in [-0.3, -0.25) is 14.4 Å². The number of aliphatic hydroxyl groups excluding tert-OH is 1. The van der Waals surface area contributed by atoms with Crippen LogP contribution in [0.15, 0.2) is 22.6 Å². The molecule has 2 rings (SSSR count). The average Bonchev–Trinajstić information content (AvgIpc) is 2.62. The number of allylic oxidation sites excluding steroid dienone is 2. The van der Waals surface area contributed by atoms with E-state index in [1.807, 2.05) is 33.8 Å². The van der Waals surface area contributed by atoms with Gasteiger partial charge in [0, 0.05) is 18.4 Å². The zero-order valence-electron chi connectivity index (χ0n) is 18.7. The summed E-state index contributed by atoms with van der Waals surface area (Å²) in [5, 5.41) is 14.7. The molecule has 0 saturated heterocycles. The average molecular weight is 414 g/mol. The highest BCUT2D eigenvalue weighted by molar-refractivity contribution is 6.23. The van der Waals surface area contributed by atoms with E-state index in [1.54, 1.807) is 6.92 Å². The predicted octanol–water partition coefficient (Wildman–Crippen LogP) is 4.83. The smallest absolute Gasteiger partial charge is 0.170 e. The van der Waals surface area contributed by atoms with Gasteiger partial charge in [-0.25, -0.2) is 0 Å². The Balaban J connectivity index is 2.50. The molecular weight excluding hydrogens is 382 g/mol. The van der Waals surface area contributed by atoms with E-state index in [9.17, 15) is 19.5 Å². The van der Waals surface area contributed by atoms with Gasteiger partial charge in [0.15, 0.2) is 11.6 Å². The minimum atomic E-state index is -0.240. The number of aliphatic hydroxyl groups is 1. The van der Waals surface area contributed by atoms with Gasteiger partial charge in [-0.1, -0.05) is 18.1 Å². The minimum absolute atomic E-state index is 0.00698. The van der Waals surface area contributed by atoms with Crippen molar-refractivity contribution in [3.8, 4) is 0 Å². The Morgan fingerprint density at radius 3 is 2.37 bits per heavy atom. The molecule has 1 aromatic rings. The van der Waals surface area contributed by atoms with Gasteiger partial charge in [0.1, 0.15) is 18.1 Å². The number of Topliss-reactive ketones (excluding diaryl/α,β-unsaturated/α-hetero) is 3. The first kappa shape index (κ1) is 23.5. The summed E-state index contributed by atoms with van der Waals surface area (Å²) in [6.07, 6.45) is 0.839. The molecule has 1 aromatic carbocycles. The summed E-state index contributed by atoms with van der Waals surface area (Å²) in [6.45, 7) is 11.1. The van der Waals surface area contributed by atoms with Crippen molar-refractivity contribution < 1.29 is 24.3 Å². The number of nitrogens with zero attached hydrogens (tertiary/aromatic N) is 1. The van der Waals surface area contributed by atoms with E-state index in [0.29, 0.717) is 24.3 Å². The fraction of sp³-hybridized carbons (Fsp3) is 0.500. The number of benzene rings is 1.